The van der Waals surface area contributed by atoms with Gasteiger partial charge in [0.2, 0.25) is 11.8 Å². The van der Waals surface area contributed by atoms with Gasteiger partial charge in [-0.2, -0.15) is 5.10 Å². The Bertz CT molecular complexity index is 874. The Kier molecular flexibility index (Phi) is 3.71. The van der Waals surface area contributed by atoms with Crippen molar-refractivity contribution in [2.24, 2.45) is 11.3 Å². The van der Waals surface area contributed by atoms with Gasteiger partial charge in [-0.3, -0.25) is 19.1 Å². The van der Waals surface area contributed by atoms with Crippen LogP contribution in [0.1, 0.15) is 6.92 Å². The Morgan fingerprint density at radius 1 is 1.19 bits per heavy atom. The first-order valence-corrected chi connectivity index (χ1v) is 8.58. The highest BCUT2D eigenvalue weighted by Crippen LogP contribution is 2.42. The van der Waals surface area contributed by atoms with Crippen LogP contribution in [0.25, 0.3) is 10.9 Å². The summed E-state index contributed by atoms with van der Waals surface area (Å²) in [6, 6.07) is 7.61. The quantitative estimate of drug-likeness (QED) is 0.860. The maximum atomic E-state index is 12.7. The number of likely N-dealkylation sites (tertiary alicyclic amines) is 2. The number of fused-ring (bicyclic) bond motifs is 2. The highest BCUT2D eigenvalue weighted by Gasteiger charge is 2.59. The number of hydrogen-bond donors (Lipinski definition) is 1. The molecule has 0 radical (unpaired) electrons. The van der Waals surface area contributed by atoms with Crippen LogP contribution >= 0.6 is 0 Å². The molecular formula is C18H20N4O4. The zero-order valence-electron chi connectivity index (χ0n) is 14.5. The lowest BCUT2D eigenvalue weighted by atomic mass is 9.81. The van der Waals surface area contributed by atoms with Gasteiger partial charge >= 0.3 is 5.97 Å². The summed E-state index contributed by atoms with van der Waals surface area (Å²) in [7, 11) is 0. The average Bonchev–Trinajstić information content (AvgIpc) is 3.24. The topological polar surface area (TPSA) is 95.7 Å². The third-order valence-corrected chi connectivity index (χ3v) is 5.59. The van der Waals surface area contributed by atoms with Gasteiger partial charge in [-0.25, -0.2) is 0 Å². The zero-order valence-corrected chi connectivity index (χ0v) is 14.5. The van der Waals surface area contributed by atoms with E-state index in [4.69, 9.17) is 0 Å². The summed E-state index contributed by atoms with van der Waals surface area (Å²) < 4.78 is 1.59. The van der Waals surface area contributed by atoms with Crippen LogP contribution in [0.5, 0.6) is 0 Å². The molecule has 136 valence electrons. The minimum Gasteiger partial charge on any atom is -0.481 e. The number of carboxylic acid groups (broad SMARTS) is 1. The number of rotatable bonds is 3. The molecule has 8 nitrogen and oxygen atoms in total. The number of carboxylic acids is 1. The van der Waals surface area contributed by atoms with Crippen molar-refractivity contribution < 1.29 is 19.5 Å². The van der Waals surface area contributed by atoms with Crippen molar-refractivity contribution in [3.8, 4) is 0 Å². The molecule has 2 aromatic rings. The minimum atomic E-state index is -1.06. The van der Waals surface area contributed by atoms with E-state index in [0.29, 0.717) is 13.1 Å². The molecule has 2 fully saturated rings. The number of amides is 2. The first kappa shape index (κ1) is 16.6. The van der Waals surface area contributed by atoms with Crippen molar-refractivity contribution in [3.63, 3.8) is 0 Å². The average molecular weight is 356 g/mol. The van der Waals surface area contributed by atoms with Crippen molar-refractivity contribution in [1.82, 2.24) is 19.6 Å². The van der Waals surface area contributed by atoms with Gasteiger partial charge in [0.1, 0.15) is 12.0 Å². The van der Waals surface area contributed by atoms with Crippen LogP contribution in [-0.4, -0.2) is 68.6 Å². The molecule has 1 aromatic carbocycles. The Labute approximate surface area is 150 Å². The Morgan fingerprint density at radius 3 is 2.54 bits per heavy atom. The normalized spacial score (nSPS) is 24.9. The van der Waals surface area contributed by atoms with E-state index in [1.165, 1.54) is 6.92 Å². The summed E-state index contributed by atoms with van der Waals surface area (Å²) in [6.45, 7) is 2.57. The molecule has 0 saturated carbocycles. The summed E-state index contributed by atoms with van der Waals surface area (Å²) in [5.41, 5.74) is -0.242. The predicted octanol–water partition coefficient (Wildman–Crippen LogP) is 0.428. The van der Waals surface area contributed by atoms with Gasteiger partial charge in [0.15, 0.2) is 0 Å². The molecule has 0 unspecified atom stereocenters. The third-order valence-electron chi connectivity index (χ3n) is 5.59. The molecule has 0 spiro atoms. The largest absolute Gasteiger partial charge is 0.481 e. The first-order chi connectivity index (χ1) is 12.4. The monoisotopic (exact) mass is 356 g/mol. The molecule has 26 heavy (non-hydrogen) atoms. The van der Waals surface area contributed by atoms with Crippen LogP contribution in [0, 0.1) is 11.3 Å². The lowest BCUT2D eigenvalue weighted by molar-refractivity contribution is -0.149. The van der Waals surface area contributed by atoms with Crippen molar-refractivity contribution in [3.05, 3.63) is 30.5 Å². The maximum absolute atomic E-state index is 12.7. The lowest BCUT2D eigenvalue weighted by Gasteiger charge is -2.25. The van der Waals surface area contributed by atoms with Gasteiger partial charge in [-0.05, 0) is 6.07 Å². The van der Waals surface area contributed by atoms with Gasteiger partial charge in [0.25, 0.3) is 0 Å². The number of aromatic nitrogens is 2. The molecule has 2 saturated heterocycles. The molecule has 3 heterocycles. The Hall–Kier alpha value is -2.90. The van der Waals surface area contributed by atoms with Gasteiger partial charge < -0.3 is 14.9 Å². The zero-order chi connectivity index (χ0) is 18.5. The molecule has 1 N–H and O–H groups in total. The highest BCUT2D eigenvalue weighted by molar-refractivity contribution is 5.84. The van der Waals surface area contributed by atoms with E-state index in [1.54, 1.807) is 14.5 Å². The van der Waals surface area contributed by atoms with Gasteiger partial charge in [0, 0.05) is 50.6 Å². The fourth-order valence-electron chi connectivity index (χ4n) is 4.13. The van der Waals surface area contributed by atoms with E-state index < -0.39 is 11.4 Å². The third kappa shape index (κ3) is 2.53. The Morgan fingerprint density at radius 2 is 1.88 bits per heavy atom. The first-order valence-electron chi connectivity index (χ1n) is 8.58. The van der Waals surface area contributed by atoms with E-state index in [0.717, 1.165) is 10.9 Å². The summed E-state index contributed by atoms with van der Waals surface area (Å²) >= 11 is 0. The van der Waals surface area contributed by atoms with E-state index >= 15 is 0 Å². The summed E-state index contributed by atoms with van der Waals surface area (Å²) in [4.78, 5) is 39.4. The van der Waals surface area contributed by atoms with Crippen molar-refractivity contribution >= 4 is 28.7 Å². The highest BCUT2D eigenvalue weighted by atomic mass is 16.4. The molecule has 2 aliphatic heterocycles. The van der Waals surface area contributed by atoms with Crippen LogP contribution in [0.3, 0.4) is 0 Å². The van der Waals surface area contributed by atoms with Crippen LogP contribution in [0.2, 0.25) is 0 Å². The molecule has 2 amide bonds. The fraction of sp³-hybridized carbons (Fsp3) is 0.444. The second-order valence-corrected chi connectivity index (χ2v) is 7.22. The van der Waals surface area contributed by atoms with Gasteiger partial charge in [0.05, 0.1) is 5.52 Å². The number of carbonyl (C=O) groups is 3. The smallest absolute Gasteiger partial charge is 0.313 e. The van der Waals surface area contributed by atoms with Crippen molar-refractivity contribution in [2.45, 2.75) is 13.5 Å². The summed E-state index contributed by atoms with van der Waals surface area (Å²) in [6.07, 6.45) is 1.81. The molecule has 2 atom stereocenters. The Balaban J connectivity index is 1.50. The van der Waals surface area contributed by atoms with Crippen LogP contribution in [0.4, 0.5) is 0 Å². The van der Waals surface area contributed by atoms with E-state index in [9.17, 15) is 19.5 Å². The van der Waals surface area contributed by atoms with E-state index in [2.05, 4.69) is 5.10 Å². The number of aliphatic carboxylic acids is 1. The van der Waals surface area contributed by atoms with Gasteiger partial charge in [-0.15, -0.1) is 0 Å². The summed E-state index contributed by atoms with van der Waals surface area (Å²) in [5.74, 6) is -1.45. The number of carbonyl (C=O) groups excluding carboxylic acids is 2. The number of nitrogens with zero attached hydrogens (tertiary/aromatic N) is 4. The number of benzene rings is 1. The molecule has 0 aliphatic carbocycles. The summed E-state index contributed by atoms with van der Waals surface area (Å²) in [5, 5.41) is 15.1. The molecule has 1 aromatic heterocycles. The molecular weight excluding hydrogens is 336 g/mol. The molecule has 4 rings (SSSR count). The van der Waals surface area contributed by atoms with Crippen LogP contribution in [-0.2, 0) is 20.9 Å². The second kappa shape index (κ2) is 5.82. The van der Waals surface area contributed by atoms with Gasteiger partial charge in [-0.1, -0.05) is 18.2 Å². The standard InChI is InChI=1S/C18H20N4O4/c1-12(23)20-7-14-8-21(11-18(14,10-20)17(25)26)16(24)9-22-6-13-4-2-3-5-15(13)19-22/h2-6,14H,7-11H2,1H3,(H,25,26)/t14-,18-/m0/s1. The maximum Gasteiger partial charge on any atom is 0.313 e. The molecule has 2 aliphatic rings. The fourth-order valence-corrected chi connectivity index (χ4v) is 4.13. The van der Waals surface area contributed by atoms with Crippen LogP contribution in [0.15, 0.2) is 30.5 Å². The lowest BCUT2D eigenvalue weighted by Crippen LogP contribution is -2.43. The predicted molar refractivity (Wildman–Crippen MR) is 92.1 cm³/mol. The van der Waals surface area contributed by atoms with Crippen molar-refractivity contribution in [1.29, 1.82) is 0 Å². The van der Waals surface area contributed by atoms with E-state index in [1.807, 2.05) is 30.5 Å². The molecule has 0 bridgehead atoms. The van der Waals surface area contributed by atoms with Crippen molar-refractivity contribution in [2.75, 3.05) is 26.2 Å². The van der Waals surface area contributed by atoms with Crippen LogP contribution < -0.4 is 0 Å². The van der Waals surface area contributed by atoms with E-state index in [-0.39, 0.29) is 37.4 Å². The minimum absolute atomic E-state index is 0.0769. The molecule has 8 heteroatoms. The second-order valence-electron chi connectivity index (χ2n) is 7.22. The number of hydrogen-bond acceptors (Lipinski definition) is 4. The SMILES string of the molecule is CC(=O)N1C[C@H]2CN(C(=O)Cn3cc4ccccc4n3)C[C@@]2(C(=O)O)C1.